The van der Waals surface area contributed by atoms with Crippen LogP contribution in [0.4, 0.5) is 4.39 Å². The fourth-order valence-electron chi connectivity index (χ4n) is 3.65. The van der Waals surface area contributed by atoms with Crippen molar-refractivity contribution in [1.29, 1.82) is 0 Å². The van der Waals surface area contributed by atoms with E-state index in [1.165, 1.54) is 6.07 Å². The summed E-state index contributed by atoms with van der Waals surface area (Å²) in [6.45, 7) is 2.30. The third kappa shape index (κ3) is 4.61. The number of likely N-dealkylation sites (tertiary alicyclic amines) is 1. The molecule has 1 aliphatic heterocycles. The van der Waals surface area contributed by atoms with Crippen molar-refractivity contribution in [2.75, 3.05) is 19.6 Å². The van der Waals surface area contributed by atoms with Gasteiger partial charge in [0.25, 0.3) is 0 Å². The van der Waals surface area contributed by atoms with E-state index in [0.717, 1.165) is 61.1 Å². The molecule has 1 atom stereocenters. The summed E-state index contributed by atoms with van der Waals surface area (Å²) in [5.41, 5.74) is 1.74. The molecule has 0 unspecified atom stereocenters. The molecule has 1 N–H and O–H groups in total. The molecule has 1 fully saturated rings. The van der Waals surface area contributed by atoms with E-state index in [-0.39, 0.29) is 16.0 Å². The first-order valence-corrected chi connectivity index (χ1v) is 11.3. The molecular formula is C20H21ClFN3O3S. The summed E-state index contributed by atoms with van der Waals surface area (Å²) >= 11 is 5.71. The molecule has 2 aromatic carbocycles. The summed E-state index contributed by atoms with van der Waals surface area (Å²) < 4.78 is 46.4. The molecule has 0 radical (unpaired) electrons. The fraction of sp³-hybridized carbons (Fsp3) is 0.350. The molecule has 6 nitrogen and oxygen atoms in total. The summed E-state index contributed by atoms with van der Waals surface area (Å²) in [5.74, 6) is -0.641. The maximum absolute atomic E-state index is 13.3. The molecule has 4 rings (SSSR count). The first-order chi connectivity index (χ1) is 13.9. The van der Waals surface area contributed by atoms with Gasteiger partial charge in [-0.1, -0.05) is 28.9 Å². The highest BCUT2D eigenvalue weighted by Crippen LogP contribution is 2.22. The summed E-state index contributed by atoms with van der Waals surface area (Å²) in [5, 5.41) is 4.98. The van der Waals surface area contributed by atoms with Crippen LogP contribution in [0.2, 0.25) is 5.02 Å². The highest BCUT2D eigenvalue weighted by Gasteiger charge is 2.27. The lowest BCUT2D eigenvalue weighted by molar-refractivity contribution is 0.326. The molecule has 3 aromatic rings. The Bertz CT molecular complexity index is 1120. The number of nitrogens with zero attached hydrogens (tertiary/aromatic N) is 2. The van der Waals surface area contributed by atoms with Crippen molar-refractivity contribution in [3.05, 3.63) is 59.0 Å². The normalized spacial score (nSPS) is 17.9. The summed E-state index contributed by atoms with van der Waals surface area (Å²) in [6.07, 6.45) is 2.43. The molecule has 2 heterocycles. The molecule has 1 aliphatic rings. The minimum absolute atomic E-state index is 0.0275. The molecule has 0 bridgehead atoms. The van der Waals surface area contributed by atoms with E-state index >= 15 is 0 Å². The van der Waals surface area contributed by atoms with E-state index in [2.05, 4.69) is 14.8 Å². The van der Waals surface area contributed by atoms with Gasteiger partial charge in [-0.05, 0) is 62.7 Å². The molecule has 9 heteroatoms. The topological polar surface area (TPSA) is 75.4 Å². The Balaban J connectivity index is 1.29. The number of halogens is 2. The van der Waals surface area contributed by atoms with Gasteiger partial charge in [-0.3, -0.25) is 0 Å². The van der Waals surface area contributed by atoms with Crippen molar-refractivity contribution in [1.82, 2.24) is 14.8 Å². The largest absolute Gasteiger partial charge is 0.356 e. The van der Waals surface area contributed by atoms with Gasteiger partial charge in [0.2, 0.25) is 10.0 Å². The van der Waals surface area contributed by atoms with Crippen LogP contribution in [-0.2, 0) is 16.4 Å². The van der Waals surface area contributed by atoms with E-state index in [0.29, 0.717) is 6.54 Å². The number of aromatic nitrogens is 1. The molecule has 1 aromatic heterocycles. The van der Waals surface area contributed by atoms with Crippen LogP contribution < -0.4 is 4.72 Å². The number of hydrogen-bond acceptors (Lipinski definition) is 5. The molecule has 154 valence electrons. The van der Waals surface area contributed by atoms with Gasteiger partial charge in [-0.2, -0.15) is 0 Å². The number of hydrogen-bond donors (Lipinski definition) is 1. The lowest BCUT2D eigenvalue weighted by atomic mass is 10.1. The van der Waals surface area contributed by atoms with Gasteiger partial charge in [-0.15, -0.1) is 0 Å². The van der Waals surface area contributed by atoms with Gasteiger partial charge < -0.3 is 9.42 Å². The maximum atomic E-state index is 13.3. The zero-order chi connectivity index (χ0) is 20.4. The van der Waals surface area contributed by atoms with Crippen LogP contribution in [0.15, 0.2) is 51.9 Å². The van der Waals surface area contributed by atoms with Gasteiger partial charge >= 0.3 is 0 Å². The van der Waals surface area contributed by atoms with Crippen LogP contribution in [0.3, 0.4) is 0 Å². The van der Waals surface area contributed by atoms with E-state index in [1.54, 1.807) is 0 Å². The zero-order valence-corrected chi connectivity index (χ0v) is 17.2. The Morgan fingerprint density at radius 1 is 1.28 bits per heavy atom. The number of rotatable bonds is 7. The van der Waals surface area contributed by atoms with E-state index in [1.807, 2.05) is 24.3 Å². The molecule has 0 spiro atoms. The average Bonchev–Trinajstić information content (AvgIpc) is 3.31. The summed E-state index contributed by atoms with van der Waals surface area (Å²) in [7, 11) is -3.74. The molecule has 0 saturated carbocycles. The smallest absolute Gasteiger partial charge is 0.240 e. The molecule has 0 aliphatic carbocycles. The van der Waals surface area contributed by atoms with Gasteiger partial charge in [0, 0.05) is 18.0 Å². The van der Waals surface area contributed by atoms with Crippen molar-refractivity contribution < 1.29 is 17.3 Å². The van der Waals surface area contributed by atoms with E-state index in [4.69, 9.17) is 16.1 Å². The third-order valence-corrected chi connectivity index (χ3v) is 6.94. The van der Waals surface area contributed by atoms with E-state index < -0.39 is 15.8 Å². The molecule has 1 saturated heterocycles. The van der Waals surface area contributed by atoms with Crippen LogP contribution in [0, 0.1) is 5.82 Å². The Labute approximate surface area is 173 Å². The van der Waals surface area contributed by atoms with Crippen molar-refractivity contribution in [2.24, 2.45) is 0 Å². The number of para-hydroxylation sites is 1. The molecule has 29 heavy (non-hydrogen) atoms. The van der Waals surface area contributed by atoms with Gasteiger partial charge in [0.05, 0.1) is 15.6 Å². The first kappa shape index (κ1) is 20.3. The SMILES string of the molecule is O=S(=O)(N[C@@H]1CCN(CCCc2noc3ccccc23)C1)c1ccc(F)c(Cl)c1. The summed E-state index contributed by atoms with van der Waals surface area (Å²) in [6, 6.07) is 11.0. The maximum Gasteiger partial charge on any atom is 0.240 e. The second-order valence-corrected chi connectivity index (χ2v) is 9.33. The quantitative estimate of drug-likeness (QED) is 0.611. The molecule has 0 amide bonds. The zero-order valence-electron chi connectivity index (χ0n) is 15.6. The predicted octanol–water partition coefficient (Wildman–Crippen LogP) is 3.61. The second kappa shape index (κ2) is 8.39. The van der Waals surface area contributed by atoms with Crippen molar-refractivity contribution in [3.63, 3.8) is 0 Å². The first-order valence-electron chi connectivity index (χ1n) is 9.45. The van der Waals surface area contributed by atoms with Gasteiger partial charge in [0.1, 0.15) is 5.82 Å². The van der Waals surface area contributed by atoms with Gasteiger partial charge in [-0.25, -0.2) is 17.5 Å². The standard InChI is InChI=1S/C20H21ClFN3O3S/c21-17-12-15(7-8-18(17)22)29(26,27)24-14-9-11-25(13-14)10-3-5-19-16-4-1-2-6-20(16)28-23-19/h1-2,4,6-8,12,14,24H,3,5,9-11,13H2/t14-/m1/s1. The minimum atomic E-state index is -3.74. The number of fused-ring (bicyclic) bond motifs is 1. The predicted molar refractivity (Wildman–Crippen MR) is 109 cm³/mol. The highest BCUT2D eigenvalue weighted by molar-refractivity contribution is 7.89. The van der Waals surface area contributed by atoms with Crippen molar-refractivity contribution in [3.8, 4) is 0 Å². The van der Waals surface area contributed by atoms with Crippen molar-refractivity contribution >= 4 is 32.6 Å². The Kier molecular flexibility index (Phi) is 5.87. The Morgan fingerprint density at radius 3 is 2.93 bits per heavy atom. The van der Waals surface area contributed by atoms with Crippen LogP contribution in [0.1, 0.15) is 18.5 Å². The number of nitrogens with one attached hydrogen (secondary N) is 1. The summed E-state index contributed by atoms with van der Waals surface area (Å²) in [4.78, 5) is 2.20. The number of aryl methyl sites for hydroxylation is 1. The number of benzene rings is 2. The van der Waals surface area contributed by atoms with Crippen LogP contribution in [0.25, 0.3) is 11.0 Å². The van der Waals surface area contributed by atoms with Crippen LogP contribution in [0.5, 0.6) is 0 Å². The second-order valence-electron chi connectivity index (χ2n) is 7.21. The Hall–Kier alpha value is -2.00. The van der Waals surface area contributed by atoms with E-state index in [9.17, 15) is 12.8 Å². The third-order valence-electron chi connectivity index (χ3n) is 5.14. The fourth-order valence-corrected chi connectivity index (χ4v) is 5.18. The van der Waals surface area contributed by atoms with Crippen LogP contribution in [-0.4, -0.2) is 44.2 Å². The van der Waals surface area contributed by atoms with Crippen molar-refractivity contribution in [2.45, 2.75) is 30.2 Å². The minimum Gasteiger partial charge on any atom is -0.356 e. The lowest BCUT2D eigenvalue weighted by Crippen LogP contribution is -2.37. The van der Waals surface area contributed by atoms with Gasteiger partial charge in [0.15, 0.2) is 5.58 Å². The van der Waals surface area contributed by atoms with Crippen LogP contribution >= 0.6 is 11.6 Å². The average molecular weight is 438 g/mol. The highest BCUT2D eigenvalue weighted by atomic mass is 35.5. The Morgan fingerprint density at radius 2 is 2.10 bits per heavy atom. The monoisotopic (exact) mass is 437 g/mol. The number of sulfonamides is 1. The molecular weight excluding hydrogens is 417 g/mol. The lowest BCUT2D eigenvalue weighted by Gasteiger charge is -2.16.